The van der Waals surface area contributed by atoms with Crippen LogP contribution in [0, 0.1) is 0 Å². The zero-order chi connectivity index (χ0) is 8.65. The Morgan fingerprint density at radius 1 is 1.55 bits per heavy atom. The lowest BCUT2D eigenvalue weighted by molar-refractivity contribution is 0.330. The fraction of sp³-hybridized carbons (Fsp3) is 0.571. The van der Waals surface area contributed by atoms with Gasteiger partial charge in [-0.15, -0.1) is 0 Å². The Morgan fingerprint density at radius 2 is 2.09 bits per heavy atom. The van der Waals surface area contributed by atoms with Gasteiger partial charge in [0.1, 0.15) is 0 Å². The van der Waals surface area contributed by atoms with Gasteiger partial charge in [-0.1, -0.05) is 0 Å². The quantitative estimate of drug-likeness (QED) is 0.585. The first kappa shape index (κ1) is 7.91. The third-order valence-corrected chi connectivity index (χ3v) is 1.44. The average molecular weight is 155 g/mol. The Morgan fingerprint density at radius 3 is 2.27 bits per heavy atom. The molecule has 0 amide bonds. The largest absolute Gasteiger partial charge is 0.493 e. The molecule has 62 valence electrons. The number of nitrogens with zero attached hydrogens (tertiary/aromatic N) is 2. The van der Waals surface area contributed by atoms with E-state index in [0.717, 1.165) is 0 Å². The maximum atomic E-state index is 9.29. The van der Waals surface area contributed by atoms with Gasteiger partial charge in [0, 0.05) is 5.54 Å². The van der Waals surface area contributed by atoms with Crippen LogP contribution < -0.4 is 5.73 Å². The highest BCUT2D eigenvalue weighted by molar-refractivity contribution is 5.27. The highest BCUT2D eigenvalue weighted by Gasteiger charge is 2.19. The molecule has 0 unspecified atom stereocenters. The molecule has 1 heterocycles. The van der Waals surface area contributed by atoms with E-state index in [1.807, 2.05) is 20.8 Å². The van der Waals surface area contributed by atoms with E-state index in [0.29, 0.717) is 5.95 Å². The molecule has 0 saturated carbocycles. The molecule has 11 heavy (non-hydrogen) atoms. The zero-order valence-corrected chi connectivity index (χ0v) is 7.00. The zero-order valence-electron chi connectivity index (χ0n) is 7.00. The molecule has 0 aliphatic rings. The lowest BCUT2D eigenvalue weighted by atomic mass is 10.1. The molecule has 1 aromatic heterocycles. The van der Waals surface area contributed by atoms with Gasteiger partial charge >= 0.3 is 0 Å². The summed E-state index contributed by atoms with van der Waals surface area (Å²) in [6.45, 7) is 5.85. The maximum Gasteiger partial charge on any atom is 0.213 e. The van der Waals surface area contributed by atoms with Crippen molar-refractivity contribution in [3.05, 3.63) is 6.20 Å². The molecular weight excluding hydrogens is 142 g/mol. The van der Waals surface area contributed by atoms with E-state index in [2.05, 4.69) is 4.98 Å². The van der Waals surface area contributed by atoms with E-state index in [9.17, 15) is 5.11 Å². The molecule has 4 heteroatoms. The summed E-state index contributed by atoms with van der Waals surface area (Å²) in [4.78, 5) is 3.77. The van der Waals surface area contributed by atoms with Gasteiger partial charge < -0.3 is 10.8 Å². The first-order valence-electron chi connectivity index (χ1n) is 3.45. The van der Waals surface area contributed by atoms with Crippen LogP contribution in [0.4, 0.5) is 5.95 Å². The van der Waals surface area contributed by atoms with Crippen molar-refractivity contribution in [2.24, 2.45) is 0 Å². The fourth-order valence-corrected chi connectivity index (χ4v) is 1.04. The predicted molar refractivity (Wildman–Crippen MR) is 43.3 cm³/mol. The van der Waals surface area contributed by atoms with Crippen LogP contribution in [0.1, 0.15) is 20.8 Å². The van der Waals surface area contributed by atoms with E-state index >= 15 is 0 Å². The monoisotopic (exact) mass is 155 g/mol. The number of nitrogen functional groups attached to an aromatic ring is 1. The van der Waals surface area contributed by atoms with Gasteiger partial charge in [-0.2, -0.15) is 0 Å². The molecule has 4 nitrogen and oxygen atoms in total. The van der Waals surface area contributed by atoms with E-state index in [1.54, 1.807) is 4.57 Å². The van der Waals surface area contributed by atoms with Crippen molar-refractivity contribution in [1.82, 2.24) is 9.55 Å². The second kappa shape index (κ2) is 2.15. The van der Waals surface area contributed by atoms with E-state index in [4.69, 9.17) is 5.73 Å². The van der Waals surface area contributed by atoms with Gasteiger partial charge in [0.15, 0.2) is 0 Å². The standard InChI is InChI=1S/C7H13N3O/c1-7(2,3)10-5(11)4-9-6(10)8/h4,11H,1-3H3,(H2,8,9). The molecular formula is C7H13N3O. The van der Waals surface area contributed by atoms with Gasteiger partial charge in [-0.05, 0) is 20.8 Å². The number of nitrogens with two attached hydrogens (primary N) is 1. The van der Waals surface area contributed by atoms with E-state index in [1.165, 1.54) is 6.20 Å². The highest BCUT2D eigenvalue weighted by Crippen LogP contribution is 2.24. The lowest BCUT2D eigenvalue weighted by Gasteiger charge is -2.22. The number of hydrogen-bond donors (Lipinski definition) is 2. The SMILES string of the molecule is CC(C)(C)n1c(O)cnc1N. The molecule has 0 spiro atoms. The number of anilines is 1. The first-order chi connectivity index (χ1) is 4.93. The van der Waals surface area contributed by atoms with Crippen molar-refractivity contribution < 1.29 is 5.11 Å². The summed E-state index contributed by atoms with van der Waals surface area (Å²) in [7, 11) is 0. The molecule has 3 N–H and O–H groups in total. The van der Waals surface area contributed by atoms with Crippen LogP contribution >= 0.6 is 0 Å². The maximum absolute atomic E-state index is 9.29. The summed E-state index contributed by atoms with van der Waals surface area (Å²) >= 11 is 0. The lowest BCUT2D eigenvalue weighted by Crippen LogP contribution is -2.22. The Labute approximate surface area is 65.7 Å². The van der Waals surface area contributed by atoms with Gasteiger partial charge in [0.25, 0.3) is 0 Å². The number of aromatic hydroxyl groups is 1. The Kier molecular flexibility index (Phi) is 1.55. The van der Waals surface area contributed by atoms with Crippen molar-refractivity contribution in [3.8, 4) is 5.88 Å². The first-order valence-corrected chi connectivity index (χ1v) is 3.45. The Hall–Kier alpha value is -1.19. The summed E-state index contributed by atoms with van der Waals surface area (Å²) in [5.41, 5.74) is 5.30. The van der Waals surface area contributed by atoms with Crippen molar-refractivity contribution in [3.63, 3.8) is 0 Å². The smallest absolute Gasteiger partial charge is 0.213 e. The normalized spacial score (nSPS) is 11.9. The number of rotatable bonds is 0. The van der Waals surface area contributed by atoms with Crippen LogP contribution in [0.15, 0.2) is 6.20 Å². The van der Waals surface area contributed by atoms with Crippen molar-refractivity contribution >= 4 is 5.95 Å². The van der Waals surface area contributed by atoms with Gasteiger partial charge in [0.2, 0.25) is 11.8 Å². The molecule has 1 aromatic rings. The second-order valence-electron chi connectivity index (χ2n) is 3.48. The van der Waals surface area contributed by atoms with Crippen LogP contribution in [0.5, 0.6) is 5.88 Å². The van der Waals surface area contributed by atoms with Crippen molar-refractivity contribution in [1.29, 1.82) is 0 Å². The fourth-order valence-electron chi connectivity index (χ4n) is 1.04. The number of aromatic nitrogens is 2. The molecule has 0 bridgehead atoms. The summed E-state index contributed by atoms with van der Waals surface area (Å²) in [5.74, 6) is 0.449. The molecule has 1 rings (SSSR count). The van der Waals surface area contributed by atoms with Gasteiger partial charge in [0.05, 0.1) is 6.20 Å². The Balaban J connectivity index is 3.21. The van der Waals surface area contributed by atoms with Crippen LogP contribution in [0.2, 0.25) is 0 Å². The third-order valence-electron chi connectivity index (χ3n) is 1.44. The predicted octanol–water partition coefficient (Wildman–Crippen LogP) is 0.926. The summed E-state index contributed by atoms with van der Waals surface area (Å²) < 4.78 is 1.58. The number of hydrogen-bond acceptors (Lipinski definition) is 3. The molecule has 0 fully saturated rings. The van der Waals surface area contributed by atoms with Crippen LogP contribution in [0.3, 0.4) is 0 Å². The van der Waals surface area contributed by atoms with Gasteiger partial charge in [-0.25, -0.2) is 4.98 Å². The minimum absolute atomic E-state index is 0.106. The Bertz CT molecular complexity index is 240. The minimum atomic E-state index is -0.218. The number of imidazole rings is 1. The summed E-state index contributed by atoms with van der Waals surface area (Å²) in [6.07, 6.45) is 1.35. The summed E-state index contributed by atoms with van der Waals surface area (Å²) in [5, 5.41) is 9.29. The third kappa shape index (κ3) is 1.29. The molecule has 0 atom stereocenters. The van der Waals surface area contributed by atoms with Crippen molar-refractivity contribution in [2.75, 3.05) is 5.73 Å². The second-order valence-corrected chi connectivity index (χ2v) is 3.48. The van der Waals surface area contributed by atoms with E-state index < -0.39 is 0 Å². The molecule has 0 aliphatic carbocycles. The van der Waals surface area contributed by atoms with Crippen molar-refractivity contribution in [2.45, 2.75) is 26.3 Å². The minimum Gasteiger partial charge on any atom is -0.493 e. The summed E-state index contributed by atoms with van der Waals surface area (Å²) in [6, 6.07) is 0. The molecule has 0 saturated heterocycles. The van der Waals surface area contributed by atoms with Crippen LogP contribution in [0.25, 0.3) is 0 Å². The highest BCUT2D eigenvalue weighted by atomic mass is 16.3. The van der Waals surface area contributed by atoms with Crippen LogP contribution in [-0.4, -0.2) is 14.7 Å². The molecule has 0 radical (unpaired) electrons. The average Bonchev–Trinajstić information content (AvgIpc) is 2.08. The molecule has 0 aromatic carbocycles. The molecule has 0 aliphatic heterocycles. The van der Waals surface area contributed by atoms with Crippen LogP contribution in [-0.2, 0) is 5.54 Å². The topological polar surface area (TPSA) is 64.1 Å². The van der Waals surface area contributed by atoms with E-state index in [-0.39, 0.29) is 11.4 Å². The van der Waals surface area contributed by atoms with Gasteiger partial charge in [-0.3, -0.25) is 4.57 Å².